The van der Waals surface area contributed by atoms with Crippen molar-refractivity contribution in [1.29, 1.82) is 0 Å². The number of ether oxygens (including phenoxy) is 1. The molecule has 0 aromatic carbocycles. The highest BCUT2D eigenvalue weighted by atomic mass is 16.5. The van der Waals surface area contributed by atoms with Gasteiger partial charge >= 0.3 is 5.97 Å². The molecule has 0 amide bonds. The summed E-state index contributed by atoms with van der Waals surface area (Å²) in [5, 5.41) is 0. The molecular weight excluding hydrogens is 236 g/mol. The van der Waals surface area contributed by atoms with E-state index in [1.165, 1.54) is 0 Å². The number of esters is 1. The summed E-state index contributed by atoms with van der Waals surface area (Å²) in [6.45, 7) is 17.4. The fourth-order valence-electron chi connectivity index (χ4n) is 3.09. The van der Waals surface area contributed by atoms with E-state index >= 15 is 0 Å². The van der Waals surface area contributed by atoms with Crippen molar-refractivity contribution in [2.24, 2.45) is 22.2 Å². The summed E-state index contributed by atoms with van der Waals surface area (Å²) in [5.74, 6) is 0.589. The molecule has 0 N–H and O–H groups in total. The van der Waals surface area contributed by atoms with E-state index in [0.717, 1.165) is 19.3 Å². The maximum Gasteiger partial charge on any atom is 0.311 e. The van der Waals surface area contributed by atoms with Gasteiger partial charge in [0.25, 0.3) is 0 Å². The zero-order valence-corrected chi connectivity index (χ0v) is 14.1. The first-order valence-electron chi connectivity index (χ1n) is 7.71. The van der Waals surface area contributed by atoms with E-state index in [4.69, 9.17) is 4.74 Å². The summed E-state index contributed by atoms with van der Waals surface area (Å²) in [7, 11) is 0. The van der Waals surface area contributed by atoms with Crippen molar-refractivity contribution in [3.8, 4) is 0 Å². The minimum Gasteiger partial charge on any atom is -0.461 e. The molecule has 2 atom stereocenters. The molecule has 0 spiro atoms. The SMILES string of the molecule is CCC1CC(OC(=O)C(C)(C)CC)C(C)(C)C1(C)C. The summed E-state index contributed by atoms with van der Waals surface area (Å²) < 4.78 is 5.91. The Morgan fingerprint density at radius 2 is 1.68 bits per heavy atom. The first kappa shape index (κ1) is 16.5. The highest BCUT2D eigenvalue weighted by molar-refractivity contribution is 5.76. The lowest BCUT2D eigenvalue weighted by atomic mass is 9.66. The van der Waals surface area contributed by atoms with E-state index in [2.05, 4.69) is 34.6 Å². The maximum atomic E-state index is 12.3. The molecule has 1 aliphatic carbocycles. The Balaban J connectivity index is 2.89. The largest absolute Gasteiger partial charge is 0.461 e. The van der Waals surface area contributed by atoms with Crippen LogP contribution in [-0.2, 0) is 9.53 Å². The summed E-state index contributed by atoms with van der Waals surface area (Å²) in [6, 6.07) is 0. The third kappa shape index (κ3) is 2.68. The van der Waals surface area contributed by atoms with Crippen LogP contribution < -0.4 is 0 Å². The van der Waals surface area contributed by atoms with E-state index in [0.29, 0.717) is 5.92 Å². The lowest BCUT2D eigenvalue weighted by Crippen LogP contribution is -2.40. The normalized spacial score (nSPS) is 29.3. The second-order valence-electron chi connectivity index (χ2n) is 7.92. The van der Waals surface area contributed by atoms with Crippen LogP contribution in [0, 0.1) is 22.2 Å². The van der Waals surface area contributed by atoms with Crippen LogP contribution in [0.1, 0.15) is 74.7 Å². The average molecular weight is 268 g/mol. The first-order valence-corrected chi connectivity index (χ1v) is 7.71. The molecule has 112 valence electrons. The van der Waals surface area contributed by atoms with Gasteiger partial charge in [-0.1, -0.05) is 48.0 Å². The highest BCUT2D eigenvalue weighted by Crippen LogP contribution is 2.57. The van der Waals surface area contributed by atoms with Gasteiger partial charge in [-0.15, -0.1) is 0 Å². The van der Waals surface area contributed by atoms with E-state index < -0.39 is 0 Å². The molecule has 0 radical (unpaired) electrons. The topological polar surface area (TPSA) is 26.3 Å². The van der Waals surface area contributed by atoms with Gasteiger partial charge in [0.1, 0.15) is 6.10 Å². The van der Waals surface area contributed by atoms with Crippen molar-refractivity contribution in [2.45, 2.75) is 80.8 Å². The van der Waals surface area contributed by atoms with Crippen molar-refractivity contribution in [3.63, 3.8) is 0 Å². The van der Waals surface area contributed by atoms with Crippen LogP contribution in [-0.4, -0.2) is 12.1 Å². The molecule has 0 saturated heterocycles. The zero-order valence-electron chi connectivity index (χ0n) is 14.1. The van der Waals surface area contributed by atoms with E-state index in [9.17, 15) is 4.79 Å². The zero-order chi connectivity index (χ0) is 15.1. The minimum absolute atomic E-state index is 0.0349. The fraction of sp³-hybridized carbons (Fsp3) is 0.941. The van der Waals surface area contributed by atoms with Gasteiger partial charge in [-0.25, -0.2) is 0 Å². The Bertz CT molecular complexity index is 339. The van der Waals surface area contributed by atoms with Crippen LogP contribution in [0.4, 0.5) is 0 Å². The number of hydrogen-bond donors (Lipinski definition) is 0. The predicted octanol–water partition coefficient (Wildman–Crippen LogP) is 4.82. The minimum atomic E-state index is -0.371. The third-order valence-electron chi connectivity index (χ3n) is 6.16. The third-order valence-corrected chi connectivity index (χ3v) is 6.16. The second-order valence-corrected chi connectivity index (χ2v) is 7.92. The number of carbonyl (C=O) groups is 1. The van der Waals surface area contributed by atoms with Crippen molar-refractivity contribution in [1.82, 2.24) is 0 Å². The van der Waals surface area contributed by atoms with Crippen molar-refractivity contribution >= 4 is 5.97 Å². The maximum absolute atomic E-state index is 12.3. The Hall–Kier alpha value is -0.530. The number of carbonyl (C=O) groups excluding carboxylic acids is 1. The molecule has 1 fully saturated rings. The predicted molar refractivity (Wildman–Crippen MR) is 79.9 cm³/mol. The van der Waals surface area contributed by atoms with Gasteiger partial charge in [0.2, 0.25) is 0 Å². The standard InChI is InChI=1S/C17H32O2/c1-9-12-11-13(17(7,8)16(12,5)6)19-14(18)15(3,4)10-2/h12-13H,9-11H2,1-8H3. The lowest BCUT2D eigenvalue weighted by Gasteiger charge is -2.41. The first-order chi connectivity index (χ1) is 8.50. The van der Waals surface area contributed by atoms with Crippen LogP contribution in [0.25, 0.3) is 0 Å². The van der Waals surface area contributed by atoms with Gasteiger partial charge in [-0.2, -0.15) is 0 Å². The van der Waals surface area contributed by atoms with Gasteiger partial charge in [0.05, 0.1) is 5.41 Å². The van der Waals surface area contributed by atoms with Gasteiger partial charge in [0.15, 0.2) is 0 Å². The molecule has 0 bridgehead atoms. The molecule has 1 saturated carbocycles. The molecule has 2 unspecified atom stereocenters. The fourth-order valence-corrected chi connectivity index (χ4v) is 3.09. The van der Waals surface area contributed by atoms with Crippen LogP contribution in [0.2, 0.25) is 0 Å². The Morgan fingerprint density at radius 1 is 1.16 bits per heavy atom. The molecule has 0 heterocycles. The van der Waals surface area contributed by atoms with Gasteiger partial charge in [-0.3, -0.25) is 4.79 Å². The van der Waals surface area contributed by atoms with E-state index in [-0.39, 0.29) is 28.3 Å². The summed E-state index contributed by atoms with van der Waals surface area (Å²) >= 11 is 0. The molecule has 19 heavy (non-hydrogen) atoms. The van der Waals surface area contributed by atoms with Crippen molar-refractivity contribution in [3.05, 3.63) is 0 Å². The van der Waals surface area contributed by atoms with Crippen molar-refractivity contribution < 1.29 is 9.53 Å². The van der Waals surface area contributed by atoms with Crippen molar-refractivity contribution in [2.75, 3.05) is 0 Å². The molecule has 0 aromatic heterocycles. The summed E-state index contributed by atoms with van der Waals surface area (Å²) in [5.41, 5.74) is -0.124. The van der Waals surface area contributed by atoms with Crippen LogP contribution in [0.5, 0.6) is 0 Å². The molecule has 2 nitrogen and oxygen atoms in total. The van der Waals surface area contributed by atoms with Crippen LogP contribution >= 0.6 is 0 Å². The van der Waals surface area contributed by atoms with Crippen LogP contribution in [0.15, 0.2) is 0 Å². The Morgan fingerprint density at radius 3 is 2.05 bits per heavy atom. The summed E-state index contributed by atoms with van der Waals surface area (Å²) in [4.78, 5) is 12.3. The Kier molecular flexibility index (Phi) is 4.44. The second kappa shape index (κ2) is 5.10. The summed E-state index contributed by atoms with van der Waals surface area (Å²) in [6.07, 6.45) is 3.02. The molecule has 0 aromatic rings. The van der Waals surface area contributed by atoms with Crippen LogP contribution in [0.3, 0.4) is 0 Å². The van der Waals surface area contributed by atoms with Gasteiger partial charge in [-0.05, 0) is 38.0 Å². The van der Waals surface area contributed by atoms with E-state index in [1.54, 1.807) is 0 Å². The quantitative estimate of drug-likeness (QED) is 0.683. The number of hydrogen-bond acceptors (Lipinski definition) is 2. The molecule has 1 rings (SSSR count). The molecule has 0 aliphatic heterocycles. The highest BCUT2D eigenvalue weighted by Gasteiger charge is 2.55. The monoisotopic (exact) mass is 268 g/mol. The van der Waals surface area contributed by atoms with Gasteiger partial charge < -0.3 is 4.74 Å². The number of rotatable bonds is 4. The van der Waals surface area contributed by atoms with E-state index in [1.807, 2.05) is 20.8 Å². The molecule has 1 aliphatic rings. The van der Waals surface area contributed by atoms with Gasteiger partial charge in [0, 0.05) is 5.41 Å². The molecular formula is C17H32O2. The average Bonchev–Trinajstić information content (AvgIpc) is 2.48. The smallest absolute Gasteiger partial charge is 0.311 e. The molecule has 2 heteroatoms. The Labute approximate surface area is 119 Å². The lowest BCUT2D eigenvalue weighted by molar-refractivity contribution is -0.166.